The Hall–Kier alpha value is 0.700. The lowest BCUT2D eigenvalue weighted by atomic mass is 10.0. The van der Waals surface area contributed by atoms with Crippen LogP contribution in [0.5, 0.6) is 0 Å². The maximum Gasteiger partial charge on any atom is 0.00472 e. The minimum Gasteiger partial charge on any atom is -0.179 e. The number of rotatable bonds is 4. The van der Waals surface area contributed by atoms with E-state index >= 15 is 0 Å². The van der Waals surface area contributed by atoms with Crippen molar-refractivity contribution >= 4 is 24.4 Å². The Balaban J connectivity index is 1.66. The van der Waals surface area contributed by atoms with Crippen molar-refractivity contribution in [2.45, 2.75) is 50.2 Å². The molecule has 0 nitrogen and oxygen atoms in total. The zero-order valence-corrected chi connectivity index (χ0v) is 10.0. The van der Waals surface area contributed by atoms with Crippen LogP contribution in [-0.4, -0.2) is 16.8 Å². The van der Waals surface area contributed by atoms with Crippen molar-refractivity contribution in [2.75, 3.05) is 11.5 Å². The SMILES string of the molecule is SCC1(CSC2CCCCC2)CC1. The molecule has 0 atom stereocenters. The van der Waals surface area contributed by atoms with Gasteiger partial charge in [0.1, 0.15) is 0 Å². The van der Waals surface area contributed by atoms with Crippen LogP contribution in [0.4, 0.5) is 0 Å². The quantitative estimate of drug-likeness (QED) is 0.698. The molecule has 0 unspecified atom stereocenters. The standard InChI is InChI=1S/C11H20S2/c12-8-11(6-7-11)9-13-10-4-2-1-3-5-10/h10,12H,1-9H2. The average Bonchev–Trinajstić information content (AvgIpc) is 2.97. The first-order valence-corrected chi connectivity index (χ1v) is 7.25. The Bertz CT molecular complexity index is 157. The van der Waals surface area contributed by atoms with Gasteiger partial charge >= 0.3 is 0 Å². The van der Waals surface area contributed by atoms with Crippen molar-refractivity contribution in [3.8, 4) is 0 Å². The fourth-order valence-corrected chi connectivity index (χ4v) is 4.28. The molecule has 13 heavy (non-hydrogen) atoms. The Morgan fingerprint density at radius 1 is 1.15 bits per heavy atom. The van der Waals surface area contributed by atoms with Crippen molar-refractivity contribution in [2.24, 2.45) is 5.41 Å². The van der Waals surface area contributed by atoms with Crippen molar-refractivity contribution in [3.63, 3.8) is 0 Å². The first-order valence-electron chi connectivity index (χ1n) is 5.57. The molecule has 2 rings (SSSR count). The topological polar surface area (TPSA) is 0 Å². The molecule has 0 heterocycles. The molecule has 0 N–H and O–H groups in total. The maximum absolute atomic E-state index is 4.45. The zero-order valence-electron chi connectivity index (χ0n) is 8.30. The van der Waals surface area contributed by atoms with Crippen LogP contribution in [0.3, 0.4) is 0 Å². The van der Waals surface area contributed by atoms with Crippen LogP contribution in [0, 0.1) is 5.41 Å². The molecule has 2 saturated carbocycles. The van der Waals surface area contributed by atoms with E-state index in [0.717, 1.165) is 11.0 Å². The number of thiol groups is 1. The van der Waals surface area contributed by atoms with Gasteiger partial charge in [-0.25, -0.2) is 0 Å². The minimum absolute atomic E-state index is 0.672. The molecule has 2 aliphatic rings. The van der Waals surface area contributed by atoms with E-state index in [1.54, 1.807) is 0 Å². The molecule has 0 aromatic rings. The van der Waals surface area contributed by atoms with E-state index in [1.807, 2.05) is 0 Å². The Morgan fingerprint density at radius 3 is 2.38 bits per heavy atom. The summed E-state index contributed by atoms with van der Waals surface area (Å²) in [4.78, 5) is 0. The predicted molar refractivity (Wildman–Crippen MR) is 64.9 cm³/mol. The third kappa shape index (κ3) is 2.82. The molecule has 0 saturated heterocycles. The van der Waals surface area contributed by atoms with Crippen LogP contribution in [0.1, 0.15) is 44.9 Å². The van der Waals surface area contributed by atoms with Gasteiger partial charge in [0, 0.05) is 5.25 Å². The van der Waals surface area contributed by atoms with Crippen LogP contribution in [0.2, 0.25) is 0 Å². The summed E-state index contributed by atoms with van der Waals surface area (Å²) in [5.41, 5.74) is 0.672. The summed E-state index contributed by atoms with van der Waals surface area (Å²) < 4.78 is 0. The molecule has 0 spiro atoms. The summed E-state index contributed by atoms with van der Waals surface area (Å²) in [5.74, 6) is 2.51. The third-order valence-corrected chi connectivity index (χ3v) is 5.86. The van der Waals surface area contributed by atoms with Gasteiger partial charge in [0.2, 0.25) is 0 Å². The molecule has 0 amide bonds. The second kappa shape index (κ2) is 4.48. The highest BCUT2D eigenvalue weighted by Gasteiger charge is 2.41. The van der Waals surface area contributed by atoms with E-state index in [1.165, 1.54) is 50.7 Å². The summed E-state index contributed by atoms with van der Waals surface area (Å²) >= 11 is 6.69. The van der Waals surface area contributed by atoms with E-state index < -0.39 is 0 Å². The Morgan fingerprint density at radius 2 is 1.85 bits per heavy atom. The first kappa shape index (κ1) is 10.2. The predicted octanol–water partition coefficient (Wildman–Crippen LogP) is 3.76. The van der Waals surface area contributed by atoms with Gasteiger partial charge in [-0.2, -0.15) is 24.4 Å². The highest BCUT2D eigenvalue weighted by molar-refractivity contribution is 8.00. The molecule has 2 fully saturated rings. The lowest BCUT2D eigenvalue weighted by Crippen LogP contribution is -2.13. The van der Waals surface area contributed by atoms with Gasteiger partial charge in [0.15, 0.2) is 0 Å². The second-order valence-electron chi connectivity index (χ2n) is 4.73. The van der Waals surface area contributed by atoms with Gasteiger partial charge in [-0.1, -0.05) is 19.3 Å². The van der Waals surface area contributed by atoms with E-state index in [2.05, 4.69) is 24.4 Å². The molecule has 0 aliphatic heterocycles. The van der Waals surface area contributed by atoms with Gasteiger partial charge in [-0.15, -0.1) is 0 Å². The fourth-order valence-electron chi connectivity index (χ4n) is 2.05. The van der Waals surface area contributed by atoms with Gasteiger partial charge in [-0.3, -0.25) is 0 Å². The van der Waals surface area contributed by atoms with Crippen molar-refractivity contribution in [1.29, 1.82) is 0 Å². The first-order chi connectivity index (χ1) is 6.35. The zero-order chi connectivity index (χ0) is 9.15. The molecular weight excluding hydrogens is 196 g/mol. The highest BCUT2D eigenvalue weighted by atomic mass is 32.2. The van der Waals surface area contributed by atoms with Crippen molar-refractivity contribution < 1.29 is 0 Å². The normalized spacial score (nSPS) is 27.5. The molecule has 0 radical (unpaired) electrons. The minimum atomic E-state index is 0.672. The largest absolute Gasteiger partial charge is 0.179 e. The van der Waals surface area contributed by atoms with Crippen LogP contribution in [-0.2, 0) is 0 Å². The molecule has 2 heteroatoms. The summed E-state index contributed by atoms with van der Waals surface area (Å²) in [6.45, 7) is 0. The fraction of sp³-hybridized carbons (Fsp3) is 1.00. The van der Waals surface area contributed by atoms with Crippen LogP contribution < -0.4 is 0 Å². The molecule has 0 bridgehead atoms. The summed E-state index contributed by atoms with van der Waals surface area (Å²) in [6.07, 6.45) is 10.3. The average molecular weight is 216 g/mol. The van der Waals surface area contributed by atoms with Gasteiger partial charge < -0.3 is 0 Å². The summed E-state index contributed by atoms with van der Waals surface area (Å²) in [6, 6.07) is 0. The summed E-state index contributed by atoms with van der Waals surface area (Å²) in [7, 11) is 0. The number of hydrogen-bond acceptors (Lipinski definition) is 2. The Labute approximate surface area is 91.7 Å². The summed E-state index contributed by atoms with van der Waals surface area (Å²) in [5, 5.41) is 0.992. The van der Waals surface area contributed by atoms with Crippen molar-refractivity contribution in [3.05, 3.63) is 0 Å². The van der Waals surface area contributed by atoms with Gasteiger partial charge in [0.25, 0.3) is 0 Å². The van der Waals surface area contributed by atoms with E-state index in [4.69, 9.17) is 0 Å². The van der Waals surface area contributed by atoms with Crippen LogP contribution in [0.15, 0.2) is 0 Å². The molecular formula is C11H20S2. The van der Waals surface area contributed by atoms with E-state index in [-0.39, 0.29) is 0 Å². The highest BCUT2D eigenvalue weighted by Crippen LogP contribution is 2.50. The lowest BCUT2D eigenvalue weighted by Gasteiger charge is -2.23. The molecule has 0 aromatic heterocycles. The van der Waals surface area contributed by atoms with Crippen molar-refractivity contribution in [1.82, 2.24) is 0 Å². The van der Waals surface area contributed by atoms with Crippen LogP contribution >= 0.6 is 24.4 Å². The number of thioether (sulfide) groups is 1. The Kier molecular flexibility index (Phi) is 3.52. The third-order valence-electron chi connectivity index (χ3n) is 3.47. The van der Waals surface area contributed by atoms with E-state index in [0.29, 0.717) is 5.41 Å². The molecule has 2 aliphatic carbocycles. The molecule has 0 aromatic carbocycles. The monoisotopic (exact) mass is 216 g/mol. The van der Waals surface area contributed by atoms with E-state index in [9.17, 15) is 0 Å². The smallest absolute Gasteiger partial charge is 0.00472 e. The maximum atomic E-state index is 4.45. The number of hydrogen-bond donors (Lipinski definition) is 1. The van der Waals surface area contributed by atoms with Gasteiger partial charge in [-0.05, 0) is 42.6 Å². The van der Waals surface area contributed by atoms with Crippen LogP contribution in [0.25, 0.3) is 0 Å². The second-order valence-corrected chi connectivity index (χ2v) is 6.33. The lowest BCUT2D eigenvalue weighted by molar-refractivity contribution is 0.514. The molecule has 76 valence electrons. The van der Waals surface area contributed by atoms with Gasteiger partial charge in [0.05, 0.1) is 0 Å².